The number of benzene rings is 1. The smallest absolute Gasteiger partial charge is 0.289 e. The Morgan fingerprint density at radius 2 is 1.93 bits per heavy atom. The maximum atomic E-state index is 13.0. The first-order valence-corrected chi connectivity index (χ1v) is 9.88. The fourth-order valence-corrected chi connectivity index (χ4v) is 3.70. The molecule has 0 radical (unpaired) electrons. The Bertz CT molecular complexity index is 894. The zero-order valence-electron chi connectivity index (χ0n) is 16.7. The van der Waals surface area contributed by atoms with Crippen molar-refractivity contribution in [3.05, 3.63) is 29.5 Å². The number of rotatable bonds is 5. The second-order valence-corrected chi connectivity index (χ2v) is 7.71. The number of methoxy groups -OCH3 is 1. The highest BCUT2D eigenvalue weighted by molar-refractivity contribution is 5.99. The lowest BCUT2D eigenvalue weighted by molar-refractivity contribution is -0.126. The Labute approximate surface area is 164 Å². The molecule has 1 aromatic carbocycles. The van der Waals surface area contributed by atoms with E-state index in [9.17, 15) is 9.59 Å². The van der Waals surface area contributed by atoms with E-state index in [2.05, 4.69) is 10.2 Å². The van der Waals surface area contributed by atoms with Crippen LogP contribution < -0.4 is 10.1 Å². The fraction of sp³-hybridized carbons (Fsp3) is 0.524. The van der Waals surface area contributed by atoms with E-state index in [4.69, 9.17) is 9.15 Å². The second kappa shape index (κ2) is 7.47. The molecule has 2 amide bonds. The highest BCUT2D eigenvalue weighted by atomic mass is 16.5. The molecule has 7 nitrogen and oxygen atoms in total. The quantitative estimate of drug-likeness (QED) is 0.854. The summed E-state index contributed by atoms with van der Waals surface area (Å²) in [6.45, 7) is 6.36. The van der Waals surface area contributed by atoms with Gasteiger partial charge in [-0.15, -0.1) is 0 Å². The van der Waals surface area contributed by atoms with E-state index >= 15 is 0 Å². The molecular weight excluding hydrogens is 358 g/mol. The van der Waals surface area contributed by atoms with Gasteiger partial charge >= 0.3 is 0 Å². The van der Waals surface area contributed by atoms with Gasteiger partial charge in [0.2, 0.25) is 5.91 Å². The number of hydrogen-bond acceptors (Lipinski definition) is 5. The first-order valence-electron chi connectivity index (χ1n) is 9.88. The average molecular weight is 385 g/mol. The third kappa shape index (κ3) is 3.58. The number of hydrogen-bond donors (Lipinski definition) is 1. The van der Waals surface area contributed by atoms with Crippen LogP contribution in [-0.4, -0.2) is 67.0 Å². The Balaban J connectivity index is 1.41. The molecule has 1 aliphatic heterocycles. The van der Waals surface area contributed by atoms with Crippen molar-refractivity contribution in [3.8, 4) is 5.75 Å². The molecule has 2 aromatic rings. The van der Waals surface area contributed by atoms with Gasteiger partial charge in [-0.25, -0.2) is 0 Å². The number of ether oxygens (including phenoxy) is 1. The molecule has 1 unspecified atom stereocenters. The van der Waals surface area contributed by atoms with E-state index in [-0.39, 0.29) is 17.9 Å². The van der Waals surface area contributed by atoms with Crippen LogP contribution in [0.25, 0.3) is 11.0 Å². The summed E-state index contributed by atoms with van der Waals surface area (Å²) in [5.74, 6) is 1.12. The third-order valence-electron chi connectivity index (χ3n) is 5.79. The SMILES string of the molecule is COc1ccc2oc(C(=O)N3CCN(C(C)C(=O)NC4CC4)CC3)c(C)c2c1. The standard InChI is InChI=1S/C21H27N3O4/c1-13-17-12-16(27-3)6-7-18(17)28-19(13)21(26)24-10-8-23(9-11-24)14(2)20(25)22-15-4-5-15/h6-7,12,14-15H,4-5,8-11H2,1-3H3,(H,22,25). The number of furan rings is 1. The van der Waals surface area contributed by atoms with Crippen LogP contribution in [0, 0.1) is 6.92 Å². The monoisotopic (exact) mass is 385 g/mol. The summed E-state index contributed by atoms with van der Waals surface area (Å²) in [5.41, 5.74) is 1.52. The summed E-state index contributed by atoms with van der Waals surface area (Å²) in [4.78, 5) is 29.2. The molecule has 0 bridgehead atoms. The van der Waals surface area contributed by atoms with Gasteiger partial charge in [-0.2, -0.15) is 0 Å². The predicted molar refractivity (Wildman–Crippen MR) is 106 cm³/mol. The van der Waals surface area contributed by atoms with Crippen molar-refractivity contribution in [2.75, 3.05) is 33.3 Å². The van der Waals surface area contributed by atoms with Crippen molar-refractivity contribution in [1.82, 2.24) is 15.1 Å². The highest BCUT2D eigenvalue weighted by Gasteiger charge is 2.32. The van der Waals surface area contributed by atoms with Crippen LogP contribution in [0.4, 0.5) is 0 Å². The highest BCUT2D eigenvalue weighted by Crippen LogP contribution is 2.29. The molecule has 2 heterocycles. The average Bonchev–Trinajstić information content (AvgIpc) is 3.48. The first kappa shape index (κ1) is 18.8. The minimum Gasteiger partial charge on any atom is -0.497 e. The van der Waals surface area contributed by atoms with Crippen LogP contribution in [0.15, 0.2) is 22.6 Å². The topological polar surface area (TPSA) is 75.0 Å². The fourth-order valence-electron chi connectivity index (χ4n) is 3.70. The molecule has 1 aromatic heterocycles. The van der Waals surface area contributed by atoms with Gasteiger partial charge < -0.3 is 19.4 Å². The van der Waals surface area contributed by atoms with Gasteiger partial charge in [0.15, 0.2) is 5.76 Å². The van der Waals surface area contributed by atoms with Crippen LogP contribution in [0.2, 0.25) is 0 Å². The molecule has 1 N–H and O–H groups in total. The lowest BCUT2D eigenvalue weighted by Gasteiger charge is -2.37. The molecule has 28 heavy (non-hydrogen) atoms. The van der Waals surface area contributed by atoms with Crippen molar-refractivity contribution in [3.63, 3.8) is 0 Å². The Morgan fingerprint density at radius 3 is 2.57 bits per heavy atom. The van der Waals surface area contributed by atoms with Crippen LogP contribution in [0.5, 0.6) is 5.75 Å². The van der Waals surface area contributed by atoms with Crippen molar-refractivity contribution in [1.29, 1.82) is 0 Å². The maximum absolute atomic E-state index is 13.0. The Kier molecular flexibility index (Phi) is 5.02. The van der Waals surface area contributed by atoms with Crippen molar-refractivity contribution in [2.45, 2.75) is 38.8 Å². The van der Waals surface area contributed by atoms with E-state index < -0.39 is 0 Å². The summed E-state index contributed by atoms with van der Waals surface area (Å²) in [7, 11) is 1.62. The minimum atomic E-state index is -0.168. The molecule has 0 spiro atoms. The largest absolute Gasteiger partial charge is 0.497 e. The van der Waals surface area contributed by atoms with E-state index in [1.54, 1.807) is 7.11 Å². The Hall–Kier alpha value is -2.54. The molecule has 1 atom stereocenters. The van der Waals surface area contributed by atoms with Crippen LogP contribution in [-0.2, 0) is 4.79 Å². The second-order valence-electron chi connectivity index (χ2n) is 7.71. The number of carbonyl (C=O) groups is 2. The summed E-state index contributed by atoms with van der Waals surface area (Å²) in [5, 5.41) is 3.95. The van der Waals surface area contributed by atoms with E-state index in [1.165, 1.54) is 0 Å². The van der Waals surface area contributed by atoms with Gasteiger partial charge in [0, 0.05) is 43.2 Å². The molecule has 7 heteroatoms. The lowest BCUT2D eigenvalue weighted by atomic mass is 10.1. The Morgan fingerprint density at radius 1 is 1.21 bits per heavy atom. The minimum absolute atomic E-state index is 0.0874. The predicted octanol–water partition coefficient (Wildman–Crippen LogP) is 2.17. The van der Waals surface area contributed by atoms with E-state index in [1.807, 2.05) is 36.9 Å². The summed E-state index contributed by atoms with van der Waals surface area (Å²) in [6, 6.07) is 5.75. The lowest BCUT2D eigenvalue weighted by Crippen LogP contribution is -2.55. The van der Waals surface area contributed by atoms with Gasteiger partial charge in [0.1, 0.15) is 11.3 Å². The molecule has 4 rings (SSSR count). The van der Waals surface area contributed by atoms with Gasteiger partial charge in [-0.3, -0.25) is 14.5 Å². The van der Waals surface area contributed by atoms with Gasteiger partial charge in [0.25, 0.3) is 5.91 Å². The normalized spacial score (nSPS) is 18.9. The van der Waals surface area contributed by atoms with Crippen molar-refractivity contribution < 1.29 is 18.7 Å². The van der Waals surface area contributed by atoms with Crippen LogP contribution >= 0.6 is 0 Å². The van der Waals surface area contributed by atoms with Gasteiger partial charge in [-0.1, -0.05) is 0 Å². The number of carbonyl (C=O) groups excluding carboxylic acids is 2. The maximum Gasteiger partial charge on any atom is 0.289 e. The van der Waals surface area contributed by atoms with Crippen molar-refractivity contribution >= 4 is 22.8 Å². The van der Waals surface area contributed by atoms with Gasteiger partial charge in [0.05, 0.1) is 13.2 Å². The first-order chi connectivity index (χ1) is 13.5. The molecule has 2 aliphatic rings. The summed E-state index contributed by atoms with van der Waals surface area (Å²) < 4.78 is 11.1. The molecule has 1 aliphatic carbocycles. The number of nitrogens with one attached hydrogen (secondary N) is 1. The number of amides is 2. The molecular formula is C21H27N3O4. The molecule has 2 fully saturated rings. The zero-order chi connectivity index (χ0) is 19.8. The number of fused-ring (bicyclic) bond motifs is 1. The summed E-state index contributed by atoms with van der Waals surface area (Å²) >= 11 is 0. The molecule has 150 valence electrons. The summed E-state index contributed by atoms with van der Waals surface area (Å²) in [6.07, 6.45) is 2.17. The van der Waals surface area contributed by atoms with Crippen LogP contribution in [0.3, 0.4) is 0 Å². The molecule has 1 saturated heterocycles. The molecule has 1 saturated carbocycles. The zero-order valence-corrected chi connectivity index (χ0v) is 16.7. The van der Waals surface area contributed by atoms with E-state index in [0.29, 0.717) is 43.6 Å². The van der Waals surface area contributed by atoms with Crippen molar-refractivity contribution in [2.24, 2.45) is 0 Å². The number of piperazine rings is 1. The van der Waals surface area contributed by atoms with E-state index in [0.717, 1.165) is 29.5 Å². The van der Waals surface area contributed by atoms with Crippen LogP contribution in [0.1, 0.15) is 35.9 Å². The van der Waals surface area contributed by atoms with Gasteiger partial charge in [-0.05, 0) is 44.9 Å². The third-order valence-corrected chi connectivity index (χ3v) is 5.79. The number of nitrogens with zero attached hydrogens (tertiary/aromatic N) is 2. The number of aryl methyl sites for hydroxylation is 1.